The van der Waals surface area contributed by atoms with E-state index in [0.717, 1.165) is 0 Å². The third-order valence-electron chi connectivity index (χ3n) is 1.62. The van der Waals surface area contributed by atoms with Gasteiger partial charge in [0.1, 0.15) is 12.0 Å². The minimum absolute atomic E-state index is 0.279. The van der Waals surface area contributed by atoms with Crippen molar-refractivity contribution in [1.29, 1.82) is 0 Å². The highest BCUT2D eigenvalue weighted by Crippen LogP contribution is 2.20. The van der Waals surface area contributed by atoms with Crippen molar-refractivity contribution in [2.24, 2.45) is 0 Å². The fourth-order valence-corrected chi connectivity index (χ4v) is 1.10. The molecule has 0 amide bonds. The van der Waals surface area contributed by atoms with Gasteiger partial charge >= 0.3 is 0 Å². The molecule has 62 valence electrons. The molecule has 5 heteroatoms. The Labute approximate surface area is 68.0 Å². The predicted molar refractivity (Wildman–Crippen MR) is 43.4 cm³/mol. The van der Waals surface area contributed by atoms with Crippen molar-refractivity contribution < 1.29 is 4.48 Å². The van der Waals surface area contributed by atoms with Gasteiger partial charge in [-0.3, -0.25) is 0 Å². The Morgan fingerprint density at radius 3 is 3.08 bits per heavy atom. The fourth-order valence-electron chi connectivity index (χ4n) is 1.10. The monoisotopic (exact) mass is 166 g/mol. The van der Waals surface area contributed by atoms with Gasteiger partial charge in [-0.25, -0.2) is 9.97 Å². The molecule has 0 radical (unpaired) electrons. The van der Waals surface area contributed by atoms with Crippen molar-refractivity contribution in [2.75, 3.05) is 12.2 Å². The standard InChI is InChI=1S/C7H7FN4/c1-12(8)7-5-2-3-9-6(5)10-4-11-7/h2-4H,1H3,(H,9,10,11). The molecule has 4 nitrogen and oxygen atoms in total. The van der Waals surface area contributed by atoms with Gasteiger partial charge in [0.25, 0.3) is 0 Å². The molecule has 12 heavy (non-hydrogen) atoms. The van der Waals surface area contributed by atoms with E-state index in [1.807, 2.05) is 0 Å². The number of aromatic nitrogens is 3. The molecular weight excluding hydrogens is 159 g/mol. The highest BCUT2D eigenvalue weighted by Gasteiger charge is 2.07. The molecule has 0 aliphatic carbocycles. The lowest BCUT2D eigenvalue weighted by Crippen LogP contribution is -2.05. The first-order chi connectivity index (χ1) is 5.79. The summed E-state index contributed by atoms with van der Waals surface area (Å²) in [5, 5.41) is 1.15. The maximum absolute atomic E-state index is 12.8. The smallest absolute Gasteiger partial charge is 0.169 e. The lowest BCUT2D eigenvalue weighted by atomic mass is 10.4. The fraction of sp³-hybridized carbons (Fsp3) is 0.143. The van der Waals surface area contributed by atoms with Gasteiger partial charge in [-0.2, -0.15) is 5.12 Å². The van der Waals surface area contributed by atoms with Crippen LogP contribution in [-0.4, -0.2) is 22.0 Å². The van der Waals surface area contributed by atoms with E-state index in [-0.39, 0.29) is 5.82 Å². The zero-order valence-corrected chi connectivity index (χ0v) is 6.45. The van der Waals surface area contributed by atoms with E-state index >= 15 is 0 Å². The summed E-state index contributed by atoms with van der Waals surface area (Å²) in [5.41, 5.74) is 0.643. The van der Waals surface area contributed by atoms with E-state index in [1.165, 1.54) is 13.4 Å². The van der Waals surface area contributed by atoms with Crippen molar-refractivity contribution in [1.82, 2.24) is 15.0 Å². The summed E-state index contributed by atoms with van der Waals surface area (Å²) in [4.78, 5) is 10.6. The number of rotatable bonds is 1. The van der Waals surface area contributed by atoms with E-state index in [2.05, 4.69) is 15.0 Å². The van der Waals surface area contributed by atoms with E-state index < -0.39 is 0 Å². The molecule has 2 aromatic rings. The number of nitrogens with zero attached hydrogens (tertiary/aromatic N) is 3. The van der Waals surface area contributed by atoms with Gasteiger partial charge in [0.05, 0.1) is 5.39 Å². The molecule has 0 fully saturated rings. The first kappa shape index (κ1) is 7.02. The Bertz CT molecular complexity index is 395. The molecule has 0 atom stereocenters. The molecule has 2 heterocycles. The van der Waals surface area contributed by atoms with E-state index in [0.29, 0.717) is 16.2 Å². The molecule has 0 saturated heterocycles. The molecule has 1 N–H and O–H groups in total. The Morgan fingerprint density at radius 2 is 2.33 bits per heavy atom. The second-order valence-corrected chi connectivity index (χ2v) is 2.41. The Balaban J connectivity index is 2.73. The predicted octanol–water partition coefficient (Wildman–Crippen LogP) is 1.28. The van der Waals surface area contributed by atoms with Gasteiger partial charge < -0.3 is 4.98 Å². The minimum Gasteiger partial charge on any atom is -0.346 e. The summed E-state index contributed by atoms with van der Waals surface area (Å²) in [6, 6.07) is 1.74. The molecule has 0 bridgehead atoms. The van der Waals surface area contributed by atoms with Gasteiger partial charge in [-0.15, -0.1) is 0 Å². The average Bonchev–Trinajstić information content (AvgIpc) is 2.49. The van der Waals surface area contributed by atoms with Gasteiger partial charge in [0.15, 0.2) is 5.82 Å². The third-order valence-corrected chi connectivity index (χ3v) is 1.62. The van der Waals surface area contributed by atoms with Crippen LogP contribution in [0.4, 0.5) is 10.3 Å². The quantitative estimate of drug-likeness (QED) is 0.649. The first-order valence-electron chi connectivity index (χ1n) is 3.46. The zero-order chi connectivity index (χ0) is 8.55. The van der Waals surface area contributed by atoms with Crippen LogP contribution in [0.25, 0.3) is 11.0 Å². The van der Waals surface area contributed by atoms with Gasteiger partial charge in [0, 0.05) is 13.2 Å². The summed E-state index contributed by atoms with van der Waals surface area (Å²) in [6.07, 6.45) is 3.02. The van der Waals surface area contributed by atoms with Gasteiger partial charge in [-0.05, 0) is 6.07 Å². The number of nitrogens with one attached hydrogen (secondary N) is 1. The molecule has 0 aliphatic heterocycles. The van der Waals surface area contributed by atoms with Crippen LogP contribution in [0.3, 0.4) is 0 Å². The summed E-state index contributed by atoms with van der Waals surface area (Å²) < 4.78 is 12.8. The summed E-state index contributed by atoms with van der Waals surface area (Å²) in [5.74, 6) is 0.279. The van der Waals surface area contributed by atoms with E-state index in [1.54, 1.807) is 12.3 Å². The largest absolute Gasteiger partial charge is 0.346 e. The lowest BCUT2D eigenvalue weighted by Gasteiger charge is -2.05. The number of H-pyrrole nitrogens is 1. The van der Waals surface area contributed by atoms with Crippen LogP contribution in [0, 0.1) is 0 Å². The molecule has 0 aliphatic rings. The summed E-state index contributed by atoms with van der Waals surface area (Å²) >= 11 is 0. The first-order valence-corrected chi connectivity index (χ1v) is 3.46. The van der Waals surface area contributed by atoms with Crippen molar-refractivity contribution in [3.63, 3.8) is 0 Å². The number of halogens is 1. The average molecular weight is 166 g/mol. The number of hydrogen-bond acceptors (Lipinski definition) is 3. The van der Waals surface area contributed by atoms with Crippen molar-refractivity contribution in [3.8, 4) is 0 Å². The molecule has 2 rings (SSSR count). The molecule has 0 spiro atoms. The van der Waals surface area contributed by atoms with E-state index in [4.69, 9.17) is 0 Å². The third kappa shape index (κ3) is 0.903. The zero-order valence-electron chi connectivity index (χ0n) is 6.45. The number of hydrogen-bond donors (Lipinski definition) is 1. The van der Waals surface area contributed by atoms with Crippen LogP contribution >= 0.6 is 0 Å². The lowest BCUT2D eigenvalue weighted by molar-refractivity contribution is 0.471. The number of aromatic amines is 1. The number of anilines is 1. The second-order valence-electron chi connectivity index (χ2n) is 2.41. The molecule has 0 saturated carbocycles. The molecule has 0 aromatic carbocycles. The van der Waals surface area contributed by atoms with Crippen LogP contribution in [0.1, 0.15) is 0 Å². The SMILES string of the molecule is CN(F)c1ncnc2[nH]ccc12. The van der Waals surface area contributed by atoms with Crippen LogP contribution in [0.5, 0.6) is 0 Å². The second kappa shape index (κ2) is 2.44. The maximum Gasteiger partial charge on any atom is 0.169 e. The van der Waals surface area contributed by atoms with Crippen molar-refractivity contribution in [3.05, 3.63) is 18.6 Å². The minimum atomic E-state index is 0.279. The van der Waals surface area contributed by atoms with Crippen LogP contribution < -0.4 is 5.12 Å². The van der Waals surface area contributed by atoms with Crippen LogP contribution in [0.15, 0.2) is 18.6 Å². The van der Waals surface area contributed by atoms with E-state index in [9.17, 15) is 4.48 Å². The summed E-state index contributed by atoms with van der Waals surface area (Å²) in [7, 11) is 1.30. The molecule has 2 aromatic heterocycles. The van der Waals surface area contributed by atoms with Gasteiger partial charge in [-0.1, -0.05) is 4.48 Å². The summed E-state index contributed by atoms with van der Waals surface area (Å²) in [6.45, 7) is 0. The Kier molecular flexibility index (Phi) is 1.43. The maximum atomic E-state index is 12.8. The Morgan fingerprint density at radius 1 is 1.50 bits per heavy atom. The van der Waals surface area contributed by atoms with Crippen LogP contribution in [0.2, 0.25) is 0 Å². The topological polar surface area (TPSA) is 44.8 Å². The molecular formula is C7H7FN4. The van der Waals surface area contributed by atoms with Crippen molar-refractivity contribution in [2.45, 2.75) is 0 Å². The Hall–Kier alpha value is -1.65. The highest BCUT2D eigenvalue weighted by molar-refractivity contribution is 5.86. The number of fused-ring (bicyclic) bond motifs is 1. The van der Waals surface area contributed by atoms with Crippen LogP contribution in [-0.2, 0) is 0 Å². The highest BCUT2D eigenvalue weighted by atomic mass is 19.2. The van der Waals surface area contributed by atoms with Gasteiger partial charge in [0.2, 0.25) is 0 Å². The van der Waals surface area contributed by atoms with Crippen molar-refractivity contribution >= 4 is 16.9 Å². The molecule has 0 unspecified atom stereocenters. The normalized spacial score (nSPS) is 10.5.